The van der Waals surface area contributed by atoms with Crippen molar-refractivity contribution in [2.24, 2.45) is 0 Å². The summed E-state index contributed by atoms with van der Waals surface area (Å²) in [7, 11) is -3.49. The van der Waals surface area contributed by atoms with Gasteiger partial charge in [0.15, 0.2) is 0 Å². The van der Waals surface area contributed by atoms with Gasteiger partial charge in [-0.2, -0.15) is 4.72 Å². The molecule has 2 N–H and O–H groups in total. The smallest absolute Gasteiger partial charge is 0.408 e. The quantitative estimate of drug-likeness (QED) is 0.831. The molecule has 0 saturated heterocycles. The van der Waals surface area contributed by atoms with Gasteiger partial charge < -0.3 is 5.11 Å². The lowest BCUT2D eigenvalue weighted by Gasteiger charge is -2.35. The molecule has 1 aromatic rings. The second-order valence-corrected chi connectivity index (χ2v) is 6.00. The van der Waals surface area contributed by atoms with E-state index in [2.05, 4.69) is 4.72 Å². The van der Waals surface area contributed by atoms with E-state index in [0.717, 1.165) is 16.7 Å². The maximum Gasteiger partial charge on any atom is 0.408 e. The molecule has 0 aliphatic carbocycles. The Bertz CT molecular complexity index is 570. The van der Waals surface area contributed by atoms with E-state index in [1.807, 2.05) is 12.1 Å². The molecule has 1 amide bonds. The predicted molar refractivity (Wildman–Crippen MR) is 65.6 cm³/mol. The summed E-state index contributed by atoms with van der Waals surface area (Å²) in [5.41, 5.74) is 1.66. The van der Waals surface area contributed by atoms with Crippen LogP contribution in [0.1, 0.15) is 17.3 Å². The van der Waals surface area contributed by atoms with Gasteiger partial charge in [-0.05, 0) is 17.5 Å². The molecule has 0 spiro atoms. The fourth-order valence-electron chi connectivity index (χ4n) is 2.10. The zero-order valence-corrected chi connectivity index (χ0v) is 10.6. The van der Waals surface area contributed by atoms with Crippen molar-refractivity contribution in [2.75, 3.05) is 12.8 Å². The summed E-state index contributed by atoms with van der Waals surface area (Å²) in [5.74, 6) is 0. The molecule has 0 radical (unpaired) electrons. The average Bonchev–Trinajstić information content (AvgIpc) is 2.27. The zero-order chi connectivity index (χ0) is 13.3. The Labute approximate surface area is 105 Å². The normalized spacial score (nSPS) is 19.4. The number of rotatable bonds is 2. The van der Waals surface area contributed by atoms with Crippen molar-refractivity contribution in [3.05, 3.63) is 35.4 Å². The number of nitrogens with zero attached hydrogens (tertiary/aromatic N) is 1. The summed E-state index contributed by atoms with van der Waals surface area (Å²) < 4.78 is 25.1. The van der Waals surface area contributed by atoms with Crippen molar-refractivity contribution in [3.8, 4) is 0 Å². The molecule has 2 rings (SSSR count). The number of carboxylic acid groups (broad SMARTS) is 1. The van der Waals surface area contributed by atoms with Crippen molar-refractivity contribution in [3.63, 3.8) is 0 Å². The predicted octanol–water partition coefficient (Wildman–Crippen LogP) is 0.771. The maximum absolute atomic E-state index is 11.3. The molecule has 1 aliphatic heterocycles. The van der Waals surface area contributed by atoms with Crippen molar-refractivity contribution in [1.82, 2.24) is 9.62 Å². The van der Waals surface area contributed by atoms with Gasteiger partial charge in [0.2, 0.25) is 10.0 Å². The van der Waals surface area contributed by atoms with Crippen molar-refractivity contribution >= 4 is 16.1 Å². The van der Waals surface area contributed by atoms with Gasteiger partial charge in [-0.1, -0.05) is 24.3 Å². The first-order valence-electron chi connectivity index (χ1n) is 5.43. The summed E-state index contributed by atoms with van der Waals surface area (Å²) in [5, 5.41) is 9.12. The molecule has 0 saturated carbocycles. The molecule has 6 nitrogen and oxygen atoms in total. The third kappa shape index (κ3) is 2.62. The van der Waals surface area contributed by atoms with Crippen molar-refractivity contribution in [2.45, 2.75) is 12.6 Å². The molecule has 0 bridgehead atoms. The molecular formula is C11H14N2O4S. The standard InChI is InChI=1S/C11H14N2O4S/c1-18(16,17)12-10-9-5-3-2-4-8(9)6-7-13(10)11(14)15/h2-5,10,12H,6-7H2,1H3,(H,14,15). The number of hydrogen-bond acceptors (Lipinski definition) is 3. The number of fused-ring (bicyclic) bond motifs is 1. The van der Waals surface area contributed by atoms with Crippen molar-refractivity contribution in [1.29, 1.82) is 0 Å². The molecule has 1 aromatic carbocycles. The fraction of sp³-hybridized carbons (Fsp3) is 0.364. The highest BCUT2D eigenvalue weighted by atomic mass is 32.2. The van der Waals surface area contributed by atoms with Gasteiger partial charge in [0.05, 0.1) is 6.26 Å². The Morgan fingerprint density at radius 1 is 1.44 bits per heavy atom. The Morgan fingerprint density at radius 2 is 2.11 bits per heavy atom. The minimum Gasteiger partial charge on any atom is -0.465 e. The minimum absolute atomic E-state index is 0.277. The largest absolute Gasteiger partial charge is 0.465 e. The monoisotopic (exact) mass is 270 g/mol. The van der Waals surface area contributed by atoms with Gasteiger partial charge in [0.25, 0.3) is 0 Å². The molecule has 0 fully saturated rings. The van der Waals surface area contributed by atoms with E-state index in [9.17, 15) is 13.2 Å². The van der Waals surface area contributed by atoms with Crippen LogP contribution in [0.4, 0.5) is 4.79 Å². The van der Waals surface area contributed by atoms with Gasteiger partial charge in [-0.25, -0.2) is 13.2 Å². The second kappa shape index (κ2) is 4.58. The highest BCUT2D eigenvalue weighted by Crippen LogP contribution is 2.28. The maximum atomic E-state index is 11.3. The molecule has 1 heterocycles. The van der Waals surface area contributed by atoms with Crippen LogP contribution in [0.25, 0.3) is 0 Å². The van der Waals surface area contributed by atoms with Gasteiger partial charge in [-0.3, -0.25) is 4.90 Å². The van der Waals surface area contributed by atoms with Crippen LogP contribution >= 0.6 is 0 Å². The topological polar surface area (TPSA) is 86.7 Å². The highest BCUT2D eigenvalue weighted by molar-refractivity contribution is 7.88. The van der Waals surface area contributed by atoms with E-state index in [1.54, 1.807) is 12.1 Å². The number of benzene rings is 1. The van der Waals surface area contributed by atoms with Crippen LogP contribution in [0.3, 0.4) is 0 Å². The Hall–Kier alpha value is -1.60. The molecule has 1 aliphatic rings. The van der Waals surface area contributed by atoms with Crippen LogP contribution in [0.2, 0.25) is 0 Å². The fourth-order valence-corrected chi connectivity index (χ4v) is 2.76. The third-order valence-corrected chi connectivity index (χ3v) is 3.51. The van der Waals surface area contributed by atoms with Crippen LogP contribution in [-0.2, 0) is 16.4 Å². The molecule has 1 unspecified atom stereocenters. The van der Waals surface area contributed by atoms with Crippen LogP contribution in [0, 0.1) is 0 Å². The molecule has 7 heteroatoms. The average molecular weight is 270 g/mol. The number of amides is 1. The molecule has 0 aromatic heterocycles. The van der Waals surface area contributed by atoms with E-state index in [0.29, 0.717) is 12.0 Å². The molecule has 98 valence electrons. The van der Waals surface area contributed by atoms with Crippen LogP contribution in [-0.4, -0.2) is 37.3 Å². The third-order valence-electron chi connectivity index (χ3n) is 2.85. The van der Waals surface area contributed by atoms with E-state index >= 15 is 0 Å². The lowest BCUT2D eigenvalue weighted by Crippen LogP contribution is -2.47. The van der Waals surface area contributed by atoms with Crippen molar-refractivity contribution < 1.29 is 18.3 Å². The lowest BCUT2D eigenvalue weighted by atomic mass is 9.98. The first-order valence-corrected chi connectivity index (χ1v) is 7.32. The van der Waals surface area contributed by atoms with Gasteiger partial charge in [0.1, 0.15) is 6.17 Å². The van der Waals surface area contributed by atoms with E-state index in [1.165, 1.54) is 0 Å². The number of sulfonamides is 1. The SMILES string of the molecule is CS(=O)(=O)NC1c2ccccc2CCN1C(=O)O. The second-order valence-electron chi connectivity index (χ2n) is 4.22. The Balaban J connectivity index is 2.44. The zero-order valence-electron chi connectivity index (χ0n) is 9.83. The Kier molecular flexibility index (Phi) is 3.27. The number of hydrogen-bond donors (Lipinski definition) is 2. The first-order chi connectivity index (χ1) is 8.38. The minimum atomic E-state index is -3.49. The van der Waals surface area contributed by atoms with Gasteiger partial charge >= 0.3 is 6.09 Å². The van der Waals surface area contributed by atoms with E-state index in [4.69, 9.17) is 5.11 Å². The number of nitrogens with one attached hydrogen (secondary N) is 1. The van der Waals surface area contributed by atoms with E-state index in [-0.39, 0.29) is 6.54 Å². The van der Waals surface area contributed by atoms with Crippen LogP contribution in [0.15, 0.2) is 24.3 Å². The summed E-state index contributed by atoms with van der Waals surface area (Å²) in [4.78, 5) is 12.3. The first kappa shape index (κ1) is 12.8. The summed E-state index contributed by atoms with van der Waals surface area (Å²) in [6.07, 6.45) is -0.373. The summed E-state index contributed by atoms with van der Waals surface area (Å²) >= 11 is 0. The Morgan fingerprint density at radius 3 is 2.72 bits per heavy atom. The lowest BCUT2D eigenvalue weighted by molar-refractivity contribution is 0.117. The molecular weight excluding hydrogens is 256 g/mol. The summed E-state index contributed by atoms with van der Waals surface area (Å²) in [6.45, 7) is 0.277. The summed E-state index contributed by atoms with van der Waals surface area (Å²) in [6, 6.07) is 7.24. The van der Waals surface area contributed by atoms with Gasteiger partial charge in [-0.15, -0.1) is 0 Å². The van der Waals surface area contributed by atoms with Crippen LogP contribution < -0.4 is 4.72 Å². The van der Waals surface area contributed by atoms with Gasteiger partial charge in [0, 0.05) is 6.54 Å². The number of carbonyl (C=O) groups is 1. The molecule has 18 heavy (non-hydrogen) atoms. The highest BCUT2D eigenvalue weighted by Gasteiger charge is 2.32. The van der Waals surface area contributed by atoms with Crippen LogP contribution in [0.5, 0.6) is 0 Å². The molecule has 1 atom stereocenters. The van der Waals surface area contributed by atoms with E-state index < -0.39 is 22.3 Å².